The quantitative estimate of drug-likeness (QED) is 0.896. The van der Waals surface area contributed by atoms with Gasteiger partial charge in [-0.3, -0.25) is 0 Å². The van der Waals surface area contributed by atoms with E-state index in [2.05, 4.69) is 25.2 Å². The van der Waals surface area contributed by atoms with Crippen LogP contribution in [0.3, 0.4) is 0 Å². The maximum absolute atomic E-state index is 9.23. The lowest BCUT2D eigenvalue weighted by atomic mass is 9.94. The number of ether oxygens (including phenoxy) is 1. The summed E-state index contributed by atoms with van der Waals surface area (Å²) in [4.78, 5) is 0. The molecule has 1 aliphatic rings. The van der Waals surface area contributed by atoms with Gasteiger partial charge in [-0.05, 0) is 37.6 Å². The SMILES string of the molecule is CC1(C)Oc2ccccc2C1Nc1cccc(CO)c1. The summed E-state index contributed by atoms with van der Waals surface area (Å²) in [6.45, 7) is 4.22. The molecular weight excluding hydrogens is 250 g/mol. The zero-order valence-electron chi connectivity index (χ0n) is 11.8. The minimum Gasteiger partial charge on any atom is -0.485 e. The maximum Gasteiger partial charge on any atom is 0.128 e. The molecule has 1 unspecified atom stereocenters. The normalized spacial score (nSPS) is 19.2. The predicted molar refractivity (Wildman–Crippen MR) is 79.9 cm³/mol. The fourth-order valence-corrected chi connectivity index (χ4v) is 2.71. The lowest BCUT2D eigenvalue weighted by molar-refractivity contribution is 0.118. The molecule has 3 heteroatoms. The summed E-state index contributed by atoms with van der Waals surface area (Å²) in [5.41, 5.74) is 2.76. The molecule has 104 valence electrons. The lowest BCUT2D eigenvalue weighted by Crippen LogP contribution is -2.34. The van der Waals surface area contributed by atoms with Crippen LogP contribution >= 0.6 is 0 Å². The number of hydrogen-bond acceptors (Lipinski definition) is 3. The average molecular weight is 269 g/mol. The van der Waals surface area contributed by atoms with E-state index >= 15 is 0 Å². The fourth-order valence-electron chi connectivity index (χ4n) is 2.71. The van der Waals surface area contributed by atoms with Crippen LogP contribution in [0.15, 0.2) is 48.5 Å². The molecule has 0 radical (unpaired) electrons. The fraction of sp³-hybridized carbons (Fsp3) is 0.294. The van der Waals surface area contributed by atoms with Gasteiger partial charge in [-0.2, -0.15) is 0 Å². The van der Waals surface area contributed by atoms with E-state index in [4.69, 9.17) is 4.74 Å². The Balaban J connectivity index is 1.92. The summed E-state index contributed by atoms with van der Waals surface area (Å²) in [5, 5.41) is 12.8. The van der Waals surface area contributed by atoms with Gasteiger partial charge in [-0.25, -0.2) is 0 Å². The second-order valence-electron chi connectivity index (χ2n) is 5.68. The molecule has 1 aliphatic heterocycles. The van der Waals surface area contributed by atoms with Crippen molar-refractivity contribution in [1.29, 1.82) is 0 Å². The molecule has 1 atom stereocenters. The molecular formula is C17H19NO2. The molecule has 1 heterocycles. The number of rotatable bonds is 3. The van der Waals surface area contributed by atoms with Crippen molar-refractivity contribution in [2.45, 2.75) is 32.1 Å². The maximum atomic E-state index is 9.23. The lowest BCUT2D eigenvalue weighted by Gasteiger charge is -2.28. The molecule has 2 aromatic carbocycles. The van der Waals surface area contributed by atoms with Gasteiger partial charge in [0.1, 0.15) is 11.4 Å². The summed E-state index contributed by atoms with van der Waals surface area (Å²) in [6.07, 6.45) is 0. The first-order valence-corrected chi connectivity index (χ1v) is 6.84. The molecule has 20 heavy (non-hydrogen) atoms. The second-order valence-corrected chi connectivity index (χ2v) is 5.68. The molecule has 0 fully saturated rings. The molecule has 0 bridgehead atoms. The van der Waals surface area contributed by atoms with Gasteiger partial charge in [0.15, 0.2) is 0 Å². The Morgan fingerprint density at radius 2 is 1.95 bits per heavy atom. The Morgan fingerprint density at radius 1 is 1.15 bits per heavy atom. The average Bonchev–Trinajstić information content (AvgIpc) is 2.70. The zero-order valence-corrected chi connectivity index (χ0v) is 11.8. The summed E-state index contributed by atoms with van der Waals surface area (Å²) in [6, 6.07) is 16.0. The van der Waals surface area contributed by atoms with Gasteiger partial charge in [-0.15, -0.1) is 0 Å². The highest BCUT2D eigenvalue weighted by Crippen LogP contribution is 2.44. The monoisotopic (exact) mass is 269 g/mol. The van der Waals surface area contributed by atoms with Crippen LogP contribution in [0.5, 0.6) is 5.75 Å². The Labute approximate surface area is 119 Å². The topological polar surface area (TPSA) is 41.5 Å². The van der Waals surface area contributed by atoms with Gasteiger partial charge in [-0.1, -0.05) is 30.3 Å². The molecule has 0 aromatic heterocycles. The Hall–Kier alpha value is -2.00. The van der Waals surface area contributed by atoms with Crippen molar-refractivity contribution in [2.75, 3.05) is 5.32 Å². The summed E-state index contributed by atoms with van der Waals surface area (Å²) >= 11 is 0. The van der Waals surface area contributed by atoms with E-state index in [0.717, 1.165) is 17.0 Å². The molecule has 3 rings (SSSR count). The number of benzene rings is 2. The van der Waals surface area contributed by atoms with E-state index in [0.29, 0.717) is 0 Å². The van der Waals surface area contributed by atoms with Crippen LogP contribution < -0.4 is 10.1 Å². The third kappa shape index (κ3) is 2.25. The second kappa shape index (κ2) is 4.84. The summed E-state index contributed by atoms with van der Waals surface area (Å²) < 4.78 is 6.02. The molecule has 0 aliphatic carbocycles. The van der Waals surface area contributed by atoms with Crippen molar-refractivity contribution >= 4 is 5.69 Å². The van der Waals surface area contributed by atoms with Crippen LogP contribution in [0, 0.1) is 0 Å². The molecule has 0 saturated carbocycles. The highest BCUT2D eigenvalue weighted by atomic mass is 16.5. The van der Waals surface area contributed by atoms with Crippen molar-refractivity contribution < 1.29 is 9.84 Å². The van der Waals surface area contributed by atoms with Crippen molar-refractivity contribution in [3.05, 3.63) is 59.7 Å². The third-order valence-corrected chi connectivity index (χ3v) is 3.72. The Kier molecular flexibility index (Phi) is 3.14. The Bertz CT molecular complexity index is 622. The zero-order chi connectivity index (χ0) is 14.2. The molecule has 2 N–H and O–H groups in total. The molecule has 0 spiro atoms. The highest BCUT2D eigenvalue weighted by Gasteiger charge is 2.40. The summed E-state index contributed by atoms with van der Waals surface area (Å²) in [7, 11) is 0. The number of aliphatic hydroxyl groups is 1. The smallest absolute Gasteiger partial charge is 0.128 e. The molecule has 3 nitrogen and oxygen atoms in total. The number of para-hydroxylation sites is 1. The highest BCUT2D eigenvalue weighted by molar-refractivity contribution is 5.52. The largest absolute Gasteiger partial charge is 0.485 e. The van der Waals surface area contributed by atoms with E-state index in [1.807, 2.05) is 42.5 Å². The van der Waals surface area contributed by atoms with Gasteiger partial charge in [0.05, 0.1) is 12.6 Å². The minimum atomic E-state index is -0.307. The van der Waals surface area contributed by atoms with Gasteiger partial charge < -0.3 is 15.2 Å². The third-order valence-electron chi connectivity index (χ3n) is 3.72. The molecule has 0 amide bonds. The number of aliphatic hydroxyl groups excluding tert-OH is 1. The van der Waals surface area contributed by atoms with Crippen LogP contribution in [-0.2, 0) is 6.61 Å². The van der Waals surface area contributed by atoms with Gasteiger partial charge >= 0.3 is 0 Å². The number of hydrogen-bond donors (Lipinski definition) is 2. The van der Waals surface area contributed by atoms with Crippen molar-refractivity contribution in [2.24, 2.45) is 0 Å². The first-order chi connectivity index (χ1) is 9.60. The standard InChI is InChI=1S/C17H19NO2/c1-17(2)16(14-8-3-4-9-15(14)20-17)18-13-7-5-6-12(10-13)11-19/h3-10,16,18-19H,11H2,1-2H3. The number of anilines is 1. The first-order valence-electron chi connectivity index (χ1n) is 6.84. The number of fused-ring (bicyclic) bond motifs is 1. The van der Waals surface area contributed by atoms with Crippen LogP contribution in [-0.4, -0.2) is 10.7 Å². The van der Waals surface area contributed by atoms with Crippen molar-refractivity contribution in [3.8, 4) is 5.75 Å². The van der Waals surface area contributed by atoms with Crippen molar-refractivity contribution in [1.82, 2.24) is 0 Å². The van der Waals surface area contributed by atoms with E-state index < -0.39 is 0 Å². The van der Waals surface area contributed by atoms with E-state index in [9.17, 15) is 5.11 Å². The number of nitrogens with one attached hydrogen (secondary N) is 1. The van der Waals surface area contributed by atoms with Gasteiger partial charge in [0.2, 0.25) is 0 Å². The van der Waals surface area contributed by atoms with Gasteiger partial charge in [0, 0.05) is 11.3 Å². The molecule has 2 aromatic rings. The van der Waals surface area contributed by atoms with Crippen LogP contribution in [0.2, 0.25) is 0 Å². The Morgan fingerprint density at radius 3 is 2.75 bits per heavy atom. The van der Waals surface area contributed by atoms with Crippen molar-refractivity contribution in [3.63, 3.8) is 0 Å². The van der Waals surface area contributed by atoms with Gasteiger partial charge in [0.25, 0.3) is 0 Å². The van der Waals surface area contributed by atoms with E-state index in [1.165, 1.54) is 5.56 Å². The van der Waals surface area contributed by atoms with Crippen LogP contribution in [0.1, 0.15) is 31.0 Å². The molecule has 0 saturated heterocycles. The summed E-state index contributed by atoms with van der Waals surface area (Å²) in [5.74, 6) is 0.938. The van der Waals surface area contributed by atoms with Crippen LogP contribution in [0.25, 0.3) is 0 Å². The first kappa shape index (κ1) is 13.0. The van der Waals surface area contributed by atoms with E-state index in [1.54, 1.807) is 0 Å². The predicted octanol–water partition coefficient (Wildman–Crippen LogP) is 3.50. The van der Waals surface area contributed by atoms with Crippen LogP contribution in [0.4, 0.5) is 5.69 Å². The minimum absolute atomic E-state index is 0.0522. The van der Waals surface area contributed by atoms with E-state index in [-0.39, 0.29) is 18.2 Å².